The van der Waals surface area contributed by atoms with Crippen LogP contribution < -0.4 is 39.7 Å². The number of phosphoric ester groups is 4. The Morgan fingerprint density at radius 2 is 0.724 bits per heavy atom. The van der Waals surface area contributed by atoms with E-state index in [2.05, 4.69) is 87.9 Å². The number of aryl methyl sites for hydroxylation is 1. The van der Waals surface area contributed by atoms with E-state index >= 15 is 0 Å². The van der Waals surface area contributed by atoms with Crippen molar-refractivity contribution >= 4 is 216 Å². The topological polar surface area (TPSA) is 988 Å². The summed E-state index contributed by atoms with van der Waals surface area (Å²) in [5, 5.41) is 0. The molecule has 0 spiro atoms. The van der Waals surface area contributed by atoms with Gasteiger partial charge in [-0.3, -0.25) is 55.9 Å². The lowest BCUT2D eigenvalue weighted by Crippen LogP contribution is -2.33. The third-order valence-electron chi connectivity index (χ3n) is 15.9. The van der Waals surface area contributed by atoms with Crippen molar-refractivity contribution in [3.63, 3.8) is 0 Å². The number of anilines is 3. The highest BCUT2D eigenvalue weighted by atomic mass is 32.8. The van der Waals surface area contributed by atoms with E-state index in [1.54, 1.807) is 29.6 Å². The molecule has 12 unspecified atom stereocenters. The molecule has 0 aromatic carbocycles. The number of ether oxygens (including phenoxy) is 8. The van der Waals surface area contributed by atoms with Gasteiger partial charge in [0, 0.05) is 43.6 Å². The Morgan fingerprint density at radius 1 is 0.410 bits per heavy atom. The minimum absolute atomic E-state index is 0.0117. The zero-order chi connectivity index (χ0) is 101. The molecular weight excluding hydrogens is 2230 g/mol. The smallest absolute Gasteiger partial charge is 0.383 e. The normalized spacial score (nSPS) is 25.8. The van der Waals surface area contributed by atoms with Gasteiger partial charge in [0.05, 0.1) is 87.3 Å². The monoisotopic (exact) mass is 2310 g/mol. The molecule has 4 aliphatic heterocycles. The summed E-state index contributed by atoms with van der Waals surface area (Å²) in [4.78, 5) is 220. The van der Waals surface area contributed by atoms with E-state index in [0.29, 0.717) is 11.2 Å². The summed E-state index contributed by atoms with van der Waals surface area (Å²) >= 11 is 20.3. The van der Waals surface area contributed by atoms with E-state index in [-0.39, 0.29) is 83.8 Å². The first kappa shape index (κ1) is 118. The summed E-state index contributed by atoms with van der Waals surface area (Å²) in [6, 6.07) is 1.35. The summed E-state index contributed by atoms with van der Waals surface area (Å²) < 4.78 is 236. The molecule has 6 aromatic heterocycles. The second-order valence-corrected chi connectivity index (χ2v) is 56.5. The Bertz CT molecular complexity index is 6160. The van der Waals surface area contributed by atoms with Gasteiger partial charge in [0.25, 0.3) is 11.1 Å². The van der Waals surface area contributed by atoms with E-state index in [1.807, 2.05) is 0 Å². The van der Waals surface area contributed by atoms with Crippen LogP contribution in [0, 0.1) is 6.92 Å². The maximum Gasteiger partial charge on any atom is 0.490 e. The largest absolute Gasteiger partial charge is 0.490 e. The van der Waals surface area contributed by atoms with Crippen molar-refractivity contribution in [1.29, 1.82) is 0 Å². The lowest BCUT2D eigenvalue weighted by molar-refractivity contribution is -0.0545. The lowest BCUT2D eigenvalue weighted by Gasteiger charge is -2.21. The number of nitrogens with two attached hydrogens (primary N) is 3. The van der Waals surface area contributed by atoms with E-state index in [4.69, 9.17) is 144 Å². The first-order valence-corrected chi connectivity index (χ1v) is 64.0. The van der Waals surface area contributed by atoms with Gasteiger partial charge < -0.3 is 133 Å². The third kappa shape index (κ3) is 40.2. The number of hydrogen-bond donors (Lipinski definition) is 21. The molecule has 0 bridgehead atoms. The fourth-order valence-corrected chi connectivity index (χ4v) is 25.3. The van der Waals surface area contributed by atoms with Crippen LogP contribution in [-0.4, -0.2) is 260 Å². The van der Waals surface area contributed by atoms with E-state index in [9.17, 15) is 113 Å². The Labute approximate surface area is 776 Å². The van der Waals surface area contributed by atoms with Gasteiger partial charge in [-0.15, -0.1) is 0 Å². The Balaban J connectivity index is 0.000000244. The van der Waals surface area contributed by atoms with Crippen LogP contribution in [0.25, 0.3) is 22.3 Å². The zero-order valence-corrected chi connectivity index (χ0v) is 84.8. The van der Waals surface area contributed by atoms with Crippen molar-refractivity contribution in [3.8, 4) is 0 Å². The second-order valence-electron chi connectivity index (χ2n) is 26.5. The molecule has 0 aliphatic carbocycles. The van der Waals surface area contributed by atoms with Crippen molar-refractivity contribution < 1.29 is 224 Å². The van der Waals surface area contributed by atoms with Gasteiger partial charge in [-0.1, -0.05) is 37.8 Å². The van der Waals surface area contributed by atoms with Crippen LogP contribution in [-0.2, 0) is 228 Å². The second kappa shape index (κ2) is 48.9. The Morgan fingerprint density at radius 3 is 1.04 bits per heavy atom. The van der Waals surface area contributed by atoms with E-state index in [0.717, 1.165) is 9.13 Å². The van der Waals surface area contributed by atoms with Gasteiger partial charge in [-0.2, -0.15) is 44.5 Å². The average molecular weight is 2320 g/mol. The molecule has 67 nitrogen and oxygen atoms in total. The van der Waals surface area contributed by atoms with Crippen molar-refractivity contribution in [1.82, 2.24) is 58.1 Å². The highest BCUT2D eigenvalue weighted by Gasteiger charge is 2.50. The minimum atomic E-state index is -5.68. The predicted molar refractivity (Wildman–Crippen MR) is 466 cm³/mol. The molecule has 6 aromatic rings. The van der Waals surface area contributed by atoms with Crippen LogP contribution in [0.4, 0.5) is 17.6 Å². The Kier molecular flexibility index (Phi) is 43.2. The zero-order valence-electron chi connectivity index (χ0n) is 67.6. The fourth-order valence-electron chi connectivity index (χ4n) is 11.1. The summed E-state index contributed by atoms with van der Waals surface area (Å²) in [7, 11) is -68.4. The summed E-state index contributed by atoms with van der Waals surface area (Å²) in [6.45, 7) is -1.45. The number of imidazole rings is 2. The van der Waals surface area contributed by atoms with Crippen molar-refractivity contribution in [2.24, 2.45) is 0 Å². The number of nitrogens with one attached hydrogen (secondary N) is 2. The molecule has 4 fully saturated rings. The molecule has 10 heterocycles. The molecular formula is C47H81N15O52P12S8. The van der Waals surface area contributed by atoms with Crippen LogP contribution in [0.15, 0.2) is 56.6 Å². The number of phosphoric acid groups is 12. The summed E-state index contributed by atoms with van der Waals surface area (Å²) in [5.41, 5.74) is 15.2. The highest BCUT2D eigenvalue weighted by molar-refractivity contribution is 8.29. The van der Waals surface area contributed by atoms with Gasteiger partial charge in [0.1, 0.15) is 67.0 Å². The quantitative estimate of drug-likeness (QED) is 0.0194. The number of nitrogens with zero attached hydrogens (tertiary/aromatic N) is 10. The molecule has 10 rings (SSSR count). The first-order valence-electron chi connectivity index (χ1n) is 35.0. The first-order chi connectivity index (χ1) is 61.3. The average Bonchev–Trinajstić information content (AvgIpc) is 1.63. The van der Waals surface area contributed by atoms with Crippen molar-refractivity contribution in [3.05, 3.63) is 84.7 Å². The van der Waals surface area contributed by atoms with Crippen LogP contribution in [0.5, 0.6) is 0 Å². The summed E-state index contributed by atoms with van der Waals surface area (Å²) in [6.07, 6.45) is 3.10. The lowest BCUT2D eigenvalue weighted by atomic mass is 10.2. The molecule has 134 heavy (non-hydrogen) atoms. The van der Waals surface area contributed by atoms with Crippen LogP contribution >= 0.6 is 93.9 Å². The molecule has 764 valence electrons. The number of fused-ring (bicyclic) bond motifs is 2. The number of aromatic amines is 2. The molecule has 4 saturated heterocycles. The molecule has 4 aliphatic rings. The molecule has 0 saturated carbocycles. The number of nitrogen functional groups attached to an aromatic ring is 3. The SMILES string of the molecule is CS(=S)CO[C@@H]1C[C@H](n2ccc(N)nc2=O)O[C@@H]1COP(=O)(O)OP(=O)(O)OP(=O)(O)O.CS(=S)CO[C@@H]1C[C@H](n2cnc3c(=O)[nH]c(N)nc32)O[C@@H]1COP(=O)(O)OP(=O)(O)OP(=O)(O)O.CS(=S)CO[C@@H]1C[C@H](n2cnc3c(N)ncnc32)O[C@@H]1COP(=O)(O)OP(=O)(O)OP(=O)(O)O.Cc1cn([C@H]2C[C@@H](OCS(C)=S)[C@@H](COP(=O)(O)OP(=O)(O)OP(=O)(O)O)O2)c(=O)[nH]c1=O. The summed E-state index contributed by atoms with van der Waals surface area (Å²) in [5.74, 6) is 0.486. The highest BCUT2D eigenvalue weighted by Crippen LogP contribution is 2.70. The van der Waals surface area contributed by atoms with Crippen molar-refractivity contribution in [2.45, 2.75) is 106 Å². The van der Waals surface area contributed by atoms with Crippen LogP contribution in [0.2, 0.25) is 0 Å². The van der Waals surface area contributed by atoms with Gasteiger partial charge in [-0.25, -0.2) is 84.3 Å². The van der Waals surface area contributed by atoms with Crippen LogP contribution in [0.3, 0.4) is 0 Å². The van der Waals surface area contributed by atoms with Crippen molar-refractivity contribution in [2.75, 3.05) is 92.4 Å². The maximum absolute atomic E-state index is 12.1. The van der Waals surface area contributed by atoms with E-state index in [1.165, 1.54) is 48.9 Å². The standard InChI is InChI=1S/C12H20N5O13P3S2.C12H20N5O12P3S2.C12H21N2O14P3S2.C11H20N3O13P3S2/c1-35(34)5-26-6-2-8(17-4-14-9-10(17)15-12(13)16-11(9)18)28-7(6)3-27-32(22,23)30-33(24,25)29-31(19,20)21;1-34(33)6-25-7-2-9(17-5-16-10-11(13)14-4-15-12(10)17)27-8(7)3-26-31(21,22)29-32(23,24)28-30(18,19)20;1-7-4-14(12(16)13-11(7)15)10-3-8(24-6-33(2)32)9(26-10)5-25-30(20,21)28-31(22,23)27-29(17,18)19;1-32(31)6-23-7-4-10(14-3-2-9(12)13-11(14)15)25-8(7)5-24-29(19,20)27-30(21,22)26-28(16,17)18/h4,6-8H,2-3,5H2,1H3,(H,22,23)(H,24,25)(H2,19,20,21)(H3,13,15,16,18);4-5,7-9H,2-3,6H2,1H3,(H,21,22)(H,23,24)(H2,13,14,15)(H2,18,19,20);4,8-10H,3,5-6H2,1-2H3,(H,20,21)(H,22,23)(H,13,15,16)(H2,17,18,19);2-3,7-8,10H,4-6H2,1H3,(H,19,20)(H,21,22)(H2,12,13,15)(H2,16,17,18)/t6-,7-,8-,35?;7-,8-,9-,34?;8-,9-,10-,33?;7-,8-,10-,32?/m1111/s1. The molecule has 0 amide bonds. The van der Waals surface area contributed by atoms with Crippen LogP contribution in [0.1, 0.15) is 56.2 Å². The fraction of sp³-hybridized carbons (Fsp3) is 0.617. The molecule has 0 radical (unpaired) electrons. The number of aromatic nitrogens is 12. The van der Waals surface area contributed by atoms with Gasteiger partial charge >= 0.3 is 105 Å². The minimum Gasteiger partial charge on any atom is -0.383 e. The van der Waals surface area contributed by atoms with E-state index < -0.39 is 254 Å². The van der Waals surface area contributed by atoms with Gasteiger partial charge in [-0.05, 0) is 82.8 Å². The van der Waals surface area contributed by atoms with Gasteiger partial charge in [0.15, 0.2) is 22.6 Å². The number of H-pyrrole nitrogens is 2. The number of rotatable bonds is 44. The third-order valence-corrected chi connectivity index (χ3v) is 34.1. The predicted octanol–water partition coefficient (Wildman–Crippen LogP) is -1.49. The Hall–Kier alpha value is -2.54. The van der Waals surface area contributed by atoms with Gasteiger partial charge in [0.2, 0.25) is 5.95 Å². The number of hydrogen-bond acceptors (Lipinski definition) is 49. The molecule has 24 N–H and O–H groups in total. The molecule has 24 atom stereocenters. The molecule has 87 heteroatoms. The maximum atomic E-state index is 12.1.